The summed E-state index contributed by atoms with van der Waals surface area (Å²) in [4.78, 5) is 12.4. The summed E-state index contributed by atoms with van der Waals surface area (Å²) in [6.07, 6.45) is 0. The number of methoxy groups -OCH3 is 1. The van der Waals surface area contributed by atoms with Gasteiger partial charge in [0.15, 0.2) is 10.9 Å². The molecule has 0 aliphatic carbocycles. The Morgan fingerprint density at radius 2 is 1.97 bits per heavy atom. The Balaban J connectivity index is 1.49. The highest BCUT2D eigenvalue weighted by atomic mass is 32.2. The van der Waals surface area contributed by atoms with Crippen molar-refractivity contribution in [3.8, 4) is 17.3 Å². The van der Waals surface area contributed by atoms with Gasteiger partial charge in [-0.1, -0.05) is 42.1 Å². The molecule has 29 heavy (non-hydrogen) atoms. The Labute approximate surface area is 172 Å². The molecule has 0 spiro atoms. The fraction of sp³-hybridized carbons (Fsp3) is 0.190. The van der Waals surface area contributed by atoms with Crippen molar-refractivity contribution in [2.75, 3.05) is 18.2 Å². The van der Waals surface area contributed by atoms with Crippen LogP contribution < -0.4 is 10.1 Å². The predicted molar refractivity (Wildman–Crippen MR) is 113 cm³/mol. The van der Waals surface area contributed by atoms with Gasteiger partial charge in [-0.15, -0.1) is 10.2 Å². The summed E-state index contributed by atoms with van der Waals surface area (Å²) in [5.41, 5.74) is 1.44. The van der Waals surface area contributed by atoms with Crippen molar-refractivity contribution in [2.24, 2.45) is 0 Å². The Hall–Kier alpha value is -3.26. The van der Waals surface area contributed by atoms with Crippen molar-refractivity contribution in [3.63, 3.8) is 0 Å². The number of nitrogens with one attached hydrogen (secondary N) is 1. The van der Waals surface area contributed by atoms with E-state index in [0.29, 0.717) is 34.7 Å². The largest absolute Gasteiger partial charge is 0.495 e. The van der Waals surface area contributed by atoms with Gasteiger partial charge in [0.2, 0.25) is 11.7 Å². The van der Waals surface area contributed by atoms with Crippen LogP contribution >= 0.6 is 11.8 Å². The fourth-order valence-electron chi connectivity index (χ4n) is 3.02. The quantitative estimate of drug-likeness (QED) is 0.455. The van der Waals surface area contributed by atoms with E-state index in [1.165, 1.54) is 11.8 Å². The molecule has 4 aromatic rings. The Morgan fingerprint density at radius 1 is 1.17 bits per heavy atom. The Kier molecular flexibility index (Phi) is 5.53. The summed E-state index contributed by atoms with van der Waals surface area (Å²) in [5.74, 6) is 1.99. The third-order valence-corrected chi connectivity index (χ3v) is 5.36. The number of thioether (sulfide) groups is 1. The van der Waals surface area contributed by atoms with E-state index in [2.05, 4.69) is 15.5 Å². The molecule has 2 aromatic carbocycles. The Bertz CT molecular complexity index is 1120. The number of hydrogen-bond acceptors (Lipinski definition) is 6. The van der Waals surface area contributed by atoms with Gasteiger partial charge < -0.3 is 14.5 Å². The SMILES string of the molecule is CCn1c(SCC(=O)Nc2ccccc2OC)nnc1-c1cc2ccccc2o1. The van der Waals surface area contributed by atoms with Gasteiger partial charge >= 0.3 is 0 Å². The summed E-state index contributed by atoms with van der Waals surface area (Å²) in [7, 11) is 1.57. The minimum atomic E-state index is -0.143. The highest BCUT2D eigenvalue weighted by molar-refractivity contribution is 7.99. The summed E-state index contributed by atoms with van der Waals surface area (Å²) in [5, 5.41) is 13.1. The summed E-state index contributed by atoms with van der Waals surface area (Å²) in [6.45, 7) is 2.67. The van der Waals surface area contributed by atoms with E-state index in [9.17, 15) is 4.79 Å². The maximum absolute atomic E-state index is 12.4. The van der Waals surface area contributed by atoms with Gasteiger partial charge in [0.05, 0.1) is 18.6 Å². The molecule has 7 nitrogen and oxygen atoms in total. The van der Waals surface area contributed by atoms with Crippen LogP contribution in [0.1, 0.15) is 6.92 Å². The molecule has 2 aromatic heterocycles. The van der Waals surface area contributed by atoms with Crippen LogP contribution in [0, 0.1) is 0 Å². The zero-order valence-electron chi connectivity index (χ0n) is 16.1. The van der Waals surface area contributed by atoms with Crippen molar-refractivity contribution in [2.45, 2.75) is 18.6 Å². The van der Waals surface area contributed by atoms with Crippen molar-refractivity contribution < 1.29 is 13.9 Å². The number of aromatic nitrogens is 3. The number of furan rings is 1. The maximum atomic E-state index is 12.4. The van der Waals surface area contributed by atoms with E-state index >= 15 is 0 Å². The molecule has 1 amide bonds. The van der Waals surface area contributed by atoms with Gasteiger partial charge in [0.1, 0.15) is 11.3 Å². The van der Waals surface area contributed by atoms with E-state index in [1.54, 1.807) is 19.2 Å². The van der Waals surface area contributed by atoms with E-state index in [-0.39, 0.29) is 11.7 Å². The standard InChI is InChI=1S/C21H20N4O3S/c1-3-25-20(18-12-14-8-4-6-10-16(14)28-18)23-24-21(25)29-13-19(26)22-15-9-5-7-11-17(15)27-2/h4-12H,3,13H2,1-2H3,(H,22,26). The van der Waals surface area contributed by atoms with E-state index in [4.69, 9.17) is 9.15 Å². The lowest BCUT2D eigenvalue weighted by molar-refractivity contribution is -0.113. The van der Waals surface area contributed by atoms with Crippen LogP contribution in [0.15, 0.2) is 64.2 Å². The smallest absolute Gasteiger partial charge is 0.234 e. The minimum absolute atomic E-state index is 0.143. The number of amides is 1. The van der Waals surface area contributed by atoms with Gasteiger partial charge in [0, 0.05) is 11.9 Å². The van der Waals surface area contributed by atoms with Crippen LogP contribution in [-0.4, -0.2) is 33.5 Å². The lowest BCUT2D eigenvalue weighted by Gasteiger charge is -2.09. The van der Waals surface area contributed by atoms with E-state index in [0.717, 1.165) is 11.0 Å². The molecule has 8 heteroatoms. The normalized spacial score (nSPS) is 11.0. The highest BCUT2D eigenvalue weighted by Gasteiger charge is 2.18. The molecular weight excluding hydrogens is 388 g/mol. The van der Waals surface area contributed by atoms with Crippen LogP contribution in [0.5, 0.6) is 5.75 Å². The minimum Gasteiger partial charge on any atom is -0.495 e. The molecule has 0 bridgehead atoms. The third kappa shape index (κ3) is 3.97. The molecule has 0 aliphatic rings. The molecular formula is C21H20N4O3S. The number of hydrogen-bond donors (Lipinski definition) is 1. The first-order valence-corrected chi connectivity index (χ1v) is 10.2. The fourth-order valence-corrected chi connectivity index (χ4v) is 3.82. The summed E-state index contributed by atoms with van der Waals surface area (Å²) < 4.78 is 13.1. The highest BCUT2D eigenvalue weighted by Crippen LogP contribution is 2.29. The number of carbonyl (C=O) groups is 1. The lowest BCUT2D eigenvalue weighted by Crippen LogP contribution is -2.15. The van der Waals surface area contributed by atoms with Gasteiger partial charge in [0.25, 0.3) is 0 Å². The second-order valence-electron chi connectivity index (χ2n) is 6.24. The zero-order chi connectivity index (χ0) is 20.2. The molecule has 0 saturated carbocycles. The number of ether oxygens (including phenoxy) is 1. The Morgan fingerprint density at radius 3 is 2.76 bits per heavy atom. The molecule has 1 N–H and O–H groups in total. The van der Waals surface area contributed by atoms with Crippen LogP contribution in [0.25, 0.3) is 22.6 Å². The number of fused-ring (bicyclic) bond motifs is 1. The van der Waals surface area contributed by atoms with Gasteiger partial charge in [-0.3, -0.25) is 9.36 Å². The van der Waals surface area contributed by atoms with Gasteiger partial charge in [-0.25, -0.2) is 0 Å². The average molecular weight is 408 g/mol. The molecule has 0 atom stereocenters. The van der Waals surface area contributed by atoms with Crippen molar-refractivity contribution in [3.05, 3.63) is 54.6 Å². The van der Waals surface area contributed by atoms with Crippen molar-refractivity contribution in [1.29, 1.82) is 0 Å². The molecule has 0 fully saturated rings. The van der Waals surface area contributed by atoms with Crippen LogP contribution in [0.2, 0.25) is 0 Å². The second kappa shape index (κ2) is 8.40. The molecule has 0 aliphatic heterocycles. The van der Waals surface area contributed by atoms with Gasteiger partial charge in [-0.2, -0.15) is 0 Å². The first kappa shape index (κ1) is 19.1. The van der Waals surface area contributed by atoms with E-state index in [1.807, 2.05) is 54.0 Å². The second-order valence-corrected chi connectivity index (χ2v) is 7.18. The molecule has 0 radical (unpaired) electrons. The summed E-state index contributed by atoms with van der Waals surface area (Å²) >= 11 is 1.33. The number of carbonyl (C=O) groups excluding carboxylic acids is 1. The number of benzene rings is 2. The topological polar surface area (TPSA) is 82.2 Å². The number of anilines is 1. The van der Waals surface area contributed by atoms with Crippen LogP contribution in [-0.2, 0) is 11.3 Å². The predicted octanol–water partition coefficient (Wildman–Crippen LogP) is 4.45. The summed E-state index contributed by atoms with van der Waals surface area (Å²) in [6, 6.07) is 17.1. The first-order chi connectivity index (χ1) is 14.2. The maximum Gasteiger partial charge on any atom is 0.234 e. The third-order valence-electron chi connectivity index (χ3n) is 4.39. The molecule has 0 unspecified atom stereocenters. The lowest BCUT2D eigenvalue weighted by atomic mass is 10.2. The van der Waals surface area contributed by atoms with E-state index < -0.39 is 0 Å². The van der Waals surface area contributed by atoms with Crippen molar-refractivity contribution >= 4 is 34.3 Å². The average Bonchev–Trinajstić information content (AvgIpc) is 3.36. The number of para-hydroxylation sites is 3. The number of rotatable bonds is 7. The first-order valence-electron chi connectivity index (χ1n) is 9.17. The molecule has 4 rings (SSSR count). The monoisotopic (exact) mass is 408 g/mol. The molecule has 0 saturated heterocycles. The number of nitrogens with zero attached hydrogens (tertiary/aromatic N) is 3. The van der Waals surface area contributed by atoms with Crippen LogP contribution in [0.3, 0.4) is 0 Å². The van der Waals surface area contributed by atoms with Crippen LogP contribution in [0.4, 0.5) is 5.69 Å². The van der Waals surface area contributed by atoms with Gasteiger partial charge in [-0.05, 0) is 31.2 Å². The van der Waals surface area contributed by atoms with Crippen molar-refractivity contribution in [1.82, 2.24) is 14.8 Å². The molecule has 148 valence electrons. The molecule has 2 heterocycles. The zero-order valence-corrected chi connectivity index (χ0v) is 16.9.